The Labute approximate surface area is 81.6 Å². The minimum Gasteiger partial charge on any atom is -0.405 e. The summed E-state index contributed by atoms with van der Waals surface area (Å²) in [7, 11) is 3.57. The summed E-state index contributed by atoms with van der Waals surface area (Å²) in [5, 5.41) is 2.68. The topological polar surface area (TPSA) is 12.5 Å². The third-order valence-corrected chi connectivity index (χ3v) is 1.71. The summed E-state index contributed by atoms with van der Waals surface area (Å²) in [6, 6.07) is 5.10. The van der Waals surface area contributed by atoms with E-state index in [0.717, 1.165) is 0 Å². The molecule has 1 rings (SSSR count). The lowest BCUT2D eigenvalue weighted by atomic mass is 10.3. The van der Waals surface area contributed by atoms with E-state index in [2.05, 4.69) is 0 Å². The maximum Gasteiger partial charge on any atom is 0.166 e. The van der Waals surface area contributed by atoms with Crippen LogP contribution in [0, 0.1) is 0 Å². The van der Waals surface area contributed by atoms with Gasteiger partial charge in [0.25, 0.3) is 0 Å². The van der Waals surface area contributed by atoms with Gasteiger partial charge in [-0.05, 0) is 18.2 Å². The van der Waals surface area contributed by atoms with E-state index >= 15 is 0 Å². The summed E-state index contributed by atoms with van der Waals surface area (Å²) < 4.78 is 0. The number of rotatable bonds is 2. The fraction of sp³-hybridized carbons (Fsp3) is 0.250. The number of nitrogens with zero attached hydrogens (tertiary/aromatic N) is 1. The molecule has 1 aromatic rings. The third-order valence-electron chi connectivity index (χ3n) is 1.17. The van der Waals surface area contributed by atoms with E-state index < -0.39 is 0 Å². The van der Waals surface area contributed by atoms with Crippen LogP contribution in [0.5, 0.6) is 5.75 Å². The molecule has 0 saturated heterocycles. The molecule has 0 spiro atoms. The summed E-state index contributed by atoms with van der Waals surface area (Å²) in [5.74, 6) is 0.603. The highest BCUT2D eigenvalue weighted by atomic mass is 35.5. The molecule has 0 aliphatic carbocycles. The number of hydroxylamine groups is 2. The molecule has 66 valence electrons. The molecule has 0 N–H and O–H groups in total. The predicted octanol–water partition coefficient (Wildman–Crippen LogP) is 2.85. The Morgan fingerprint density at radius 3 is 2.42 bits per heavy atom. The minimum absolute atomic E-state index is 0.510. The first-order chi connectivity index (χ1) is 5.59. The van der Waals surface area contributed by atoms with Crippen molar-refractivity contribution in [3.05, 3.63) is 28.2 Å². The summed E-state index contributed by atoms with van der Waals surface area (Å²) in [6.07, 6.45) is 0. The largest absolute Gasteiger partial charge is 0.405 e. The predicted molar refractivity (Wildman–Crippen MR) is 50.8 cm³/mol. The Bertz CT molecular complexity index is 276. The second kappa shape index (κ2) is 3.99. The number of benzene rings is 1. The molecule has 0 fully saturated rings. The molecule has 2 nitrogen and oxygen atoms in total. The number of halogens is 2. The van der Waals surface area contributed by atoms with Crippen molar-refractivity contribution in [1.82, 2.24) is 5.06 Å². The molecule has 0 saturated carbocycles. The lowest BCUT2D eigenvalue weighted by Crippen LogP contribution is -2.16. The fourth-order valence-corrected chi connectivity index (χ4v) is 1.19. The first-order valence-corrected chi connectivity index (χ1v) is 4.15. The summed E-state index contributed by atoms with van der Waals surface area (Å²) in [6.45, 7) is 0. The van der Waals surface area contributed by atoms with Gasteiger partial charge >= 0.3 is 0 Å². The van der Waals surface area contributed by atoms with Gasteiger partial charge in [-0.15, -0.1) is 0 Å². The van der Waals surface area contributed by atoms with Crippen molar-refractivity contribution in [1.29, 1.82) is 0 Å². The van der Waals surface area contributed by atoms with Crippen molar-refractivity contribution in [3.63, 3.8) is 0 Å². The van der Waals surface area contributed by atoms with E-state index in [1.165, 1.54) is 0 Å². The zero-order valence-corrected chi connectivity index (χ0v) is 8.36. The summed E-state index contributed by atoms with van der Waals surface area (Å²) >= 11 is 11.5. The standard InChI is InChI=1S/C8H9Cl2NO/c1-11(2)12-8-4-3-6(9)5-7(8)10/h3-5H,1-2H3. The maximum absolute atomic E-state index is 5.84. The first kappa shape index (κ1) is 9.65. The van der Waals surface area contributed by atoms with Gasteiger partial charge in [0, 0.05) is 19.1 Å². The minimum atomic E-state index is 0.510. The van der Waals surface area contributed by atoms with Gasteiger partial charge in [-0.3, -0.25) is 0 Å². The van der Waals surface area contributed by atoms with Gasteiger partial charge in [0.1, 0.15) is 0 Å². The van der Waals surface area contributed by atoms with Crippen molar-refractivity contribution in [2.75, 3.05) is 14.1 Å². The van der Waals surface area contributed by atoms with Crippen LogP contribution < -0.4 is 4.84 Å². The molecular weight excluding hydrogens is 197 g/mol. The zero-order chi connectivity index (χ0) is 9.14. The van der Waals surface area contributed by atoms with Crippen LogP contribution in [-0.4, -0.2) is 19.2 Å². The highest BCUT2D eigenvalue weighted by molar-refractivity contribution is 6.35. The van der Waals surface area contributed by atoms with E-state index in [-0.39, 0.29) is 0 Å². The Morgan fingerprint density at radius 1 is 1.25 bits per heavy atom. The average Bonchev–Trinajstić information content (AvgIpc) is 1.94. The van der Waals surface area contributed by atoms with E-state index in [0.29, 0.717) is 15.8 Å². The van der Waals surface area contributed by atoms with E-state index in [1.807, 2.05) is 0 Å². The van der Waals surface area contributed by atoms with Gasteiger partial charge < -0.3 is 4.84 Å². The van der Waals surface area contributed by atoms with Gasteiger partial charge in [0.2, 0.25) is 0 Å². The van der Waals surface area contributed by atoms with Gasteiger partial charge in [-0.1, -0.05) is 23.2 Å². The zero-order valence-electron chi connectivity index (χ0n) is 6.84. The third kappa shape index (κ3) is 2.55. The Kier molecular flexibility index (Phi) is 3.20. The Hall–Kier alpha value is -0.440. The monoisotopic (exact) mass is 205 g/mol. The molecule has 0 amide bonds. The molecular formula is C8H9Cl2NO. The van der Waals surface area contributed by atoms with E-state index in [4.69, 9.17) is 28.0 Å². The van der Waals surface area contributed by atoms with E-state index in [1.54, 1.807) is 37.4 Å². The number of hydrogen-bond donors (Lipinski definition) is 0. The van der Waals surface area contributed by atoms with Crippen molar-refractivity contribution in [3.8, 4) is 5.75 Å². The van der Waals surface area contributed by atoms with Gasteiger partial charge in [0.05, 0.1) is 5.02 Å². The average molecular weight is 206 g/mol. The van der Waals surface area contributed by atoms with Gasteiger partial charge in [-0.25, -0.2) is 0 Å². The van der Waals surface area contributed by atoms with Crippen molar-refractivity contribution in [2.45, 2.75) is 0 Å². The molecule has 0 bridgehead atoms. The molecule has 4 heteroatoms. The smallest absolute Gasteiger partial charge is 0.166 e. The Morgan fingerprint density at radius 2 is 1.92 bits per heavy atom. The van der Waals surface area contributed by atoms with Gasteiger partial charge in [-0.2, -0.15) is 5.06 Å². The molecule has 0 heterocycles. The first-order valence-electron chi connectivity index (χ1n) is 3.40. The number of hydrogen-bond acceptors (Lipinski definition) is 2. The van der Waals surface area contributed by atoms with Crippen LogP contribution >= 0.6 is 23.2 Å². The van der Waals surface area contributed by atoms with Crippen LogP contribution in [0.2, 0.25) is 10.0 Å². The SMILES string of the molecule is CN(C)Oc1ccc(Cl)cc1Cl. The molecule has 1 aromatic carbocycles. The highest BCUT2D eigenvalue weighted by Gasteiger charge is 2.02. The van der Waals surface area contributed by atoms with Crippen LogP contribution in [0.15, 0.2) is 18.2 Å². The quantitative estimate of drug-likeness (QED) is 0.689. The van der Waals surface area contributed by atoms with E-state index in [9.17, 15) is 0 Å². The van der Waals surface area contributed by atoms with Crippen LogP contribution in [0.25, 0.3) is 0 Å². The molecule has 0 aliphatic heterocycles. The van der Waals surface area contributed by atoms with Crippen LogP contribution in [-0.2, 0) is 0 Å². The molecule has 0 atom stereocenters. The van der Waals surface area contributed by atoms with Crippen LogP contribution in [0.3, 0.4) is 0 Å². The highest BCUT2D eigenvalue weighted by Crippen LogP contribution is 2.27. The van der Waals surface area contributed by atoms with Crippen molar-refractivity contribution < 1.29 is 4.84 Å². The summed E-state index contributed by atoms with van der Waals surface area (Å²) in [5.41, 5.74) is 0. The lowest BCUT2D eigenvalue weighted by molar-refractivity contribution is -0.00314. The van der Waals surface area contributed by atoms with Gasteiger partial charge in [0.15, 0.2) is 5.75 Å². The maximum atomic E-state index is 5.84. The van der Waals surface area contributed by atoms with Crippen molar-refractivity contribution >= 4 is 23.2 Å². The molecule has 12 heavy (non-hydrogen) atoms. The summed E-state index contributed by atoms with van der Waals surface area (Å²) in [4.78, 5) is 5.24. The molecule has 0 radical (unpaired) electrons. The van der Waals surface area contributed by atoms with Crippen molar-refractivity contribution in [2.24, 2.45) is 0 Å². The van der Waals surface area contributed by atoms with Crippen LogP contribution in [0.1, 0.15) is 0 Å². The lowest BCUT2D eigenvalue weighted by Gasteiger charge is -2.12. The normalized spacial score (nSPS) is 10.4. The molecule has 0 unspecified atom stereocenters. The molecule has 0 aliphatic rings. The second-order valence-electron chi connectivity index (χ2n) is 2.48. The second-order valence-corrected chi connectivity index (χ2v) is 3.32. The Balaban J connectivity index is 2.86. The molecule has 0 aromatic heterocycles. The van der Waals surface area contributed by atoms with Crippen LogP contribution in [0.4, 0.5) is 0 Å². The fourth-order valence-electron chi connectivity index (χ4n) is 0.746.